The summed E-state index contributed by atoms with van der Waals surface area (Å²) in [7, 11) is -7.58. The third-order valence-electron chi connectivity index (χ3n) is 5.47. The van der Waals surface area contributed by atoms with Gasteiger partial charge < -0.3 is 10.1 Å². The Bertz CT molecular complexity index is 967. The average molecular weight is 444 g/mol. The highest BCUT2D eigenvalue weighted by atomic mass is 32.2. The van der Waals surface area contributed by atoms with Crippen LogP contribution in [-0.2, 0) is 29.6 Å². The highest BCUT2D eigenvalue weighted by Crippen LogP contribution is 2.28. The summed E-state index contributed by atoms with van der Waals surface area (Å²) in [5, 5.41) is 2.87. The molecule has 0 bridgehead atoms. The molecule has 1 aromatic carbocycles. The third-order valence-corrected chi connectivity index (χ3v) is 9.30. The molecule has 0 spiro atoms. The number of nitrogens with zero attached hydrogens (tertiary/aromatic N) is 2. The van der Waals surface area contributed by atoms with Crippen LogP contribution in [0.3, 0.4) is 0 Å². The molecule has 9 nitrogen and oxygen atoms in total. The van der Waals surface area contributed by atoms with Gasteiger partial charge in [0.15, 0.2) is 0 Å². The topological polar surface area (TPSA) is 113 Å². The Labute approximate surface area is 171 Å². The molecular formula is C18H25N3O6S2. The van der Waals surface area contributed by atoms with Crippen molar-refractivity contribution >= 4 is 26.0 Å². The van der Waals surface area contributed by atoms with Gasteiger partial charge in [0, 0.05) is 25.7 Å². The smallest absolute Gasteiger partial charge is 0.243 e. The molecule has 1 amide bonds. The molecule has 1 saturated carbocycles. The van der Waals surface area contributed by atoms with Crippen molar-refractivity contribution in [3.05, 3.63) is 24.3 Å². The summed E-state index contributed by atoms with van der Waals surface area (Å²) in [6, 6.07) is 4.68. The van der Waals surface area contributed by atoms with Gasteiger partial charge in [-0.05, 0) is 49.9 Å². The van der Waals surface area contributed by atoms with Crippen LogP contribution in [0.1, 0.15) is 25.7 Å². The minimum atomic E-state index is -3.89. The molecular weight excluding hydrogens is 418 g/mol. The normalized spacial score (nSPS) is 24.5. The van der Waals surface area contributed by atoms with E-state index in [1.807, 2.05) is 0 Å². The molecule has 0 aromatic heterocycles. The van der Waals surface area contributed by atoms with E-state index < -0.39 is 26.1 Å². The fourth-order valence-corrected chi connectivity index (χ4v) is 6.73. The van der Waals surface area contributed by atoms with E-state index in [1.165, 1.54) is 32.9 Å². The number of sulfonamides is 2. The SMILES string of the molecule is O=C(NC1CC1)C1CCCN1S(=O)(=O)c1ccc(S(=O)(=O)N2CCOCC2)cc1. The van der Waals surface area contributed by atoms with Crippen LogP contribution in [0.5, 0.6) is 0 Å². The number of hydrogen-bond acceptors (Lipinski definition) is 6. The number of ether oxygens (including phenoxy) is 1. The van der Waals surface area contributed by atoms with E-state index in [-0.39, 0.29) is 41.4 Å². The van der Waals surface area contributed by atoms with Crippen LogP contribution >= 0.6 is 0 Å². The Morgan fingerprint density at radius 2 is 1.48 bits per heavy atom. The summed E-state index contributed by atoms with van der Waals surface area (Å²) in [4.78, 5) is 12.5. The minimum Gasteiger partial charge on any atom is -0.379 e. The summed E-state index contributed by atoms with van der Waals surface area (Å²) in [5.74, 6) is -0.250. The van der Waals surface area contributed by atoms with Crippen molar-refractivity contribution in [1.82, 2.24) is 13.9 Å². The van der Waals surface area contributed by atoms with Gasteiger partial charge in [-0.1, -0.05) is 0 Å². The number of nitrogens with one attached hydrogen (secondary N) is 1. The van der Waals surface area contributed by atoms with Crippen LogP contribution in [0.2, 0.25) is 0 Å². The van der Waals surface area contributed by atoms with Gasteiger partial charge in [0.1, 0.15) is 6.04 Å². The lowest BCUT2D eigenvalue weighted by Gasteiger charge is -2.26. The molecule has 1 aromatic rings. The molecule has 1 aliphatic carbocycles. The van der Waals surface area contributed by atoms with E-state index in [2.05, 4.69) is 5.32 Å². The van der Waals surface area contributed by atoms with Crippen molar-refractivity contribution in [3.8, 4) is 0 Å². The van der Waals surface area contributed by atoms with E-state index in [0.717, 1.165) is 12.8 Å². The van der Waals surface area contributed by atoms with Gasteiger partial charge in [-0.3, -0.25) is 4.79 Å². The Balaban J connectivity index is 1.53. The van der Waals surface area contributed by atoms with Gasteiger partial charge >= 0.3 is 0 Å². The van der Waals surface area contributed by atoms with Crippen LogP contribution in [-0.4, -0.2) is 76.3 Å². The molecule has 0 radical (unpaired) electrons. The average Bonchev–Trinajstić information content (AvgIpc) is 3.39. The molecule has 1 atom stereocenters. The van der Waals surface area contributed by atoms with E-state index in [0.29, 0.717) is 26.1 Å². The molecule has 11 heteroatoms. The number of benzene rings is 1. The zero-order valence-corrected chi connectivity index (χ0v) is 17.6. The molecule has 4 rings (SSSR count). The Hall–Kier alpha value is -1.53. The van der Waals surface area contributed by atoms with Gasteiger partial charge in [-0.2, -0.15) is 8.61 Å². The Kier molecular flexibility index (Phi) is 5.68. The number of hydrogen-bond donors (Lipinski definition) is 1. The molecule has 2 aliphatic heterocycles. The fourth-order valence-electron chi connectivity index (χ4n) is 3.67. The second-order valence-electron chi connectivity index (χ2n) is 7.54. The van der Waals surface area contributed by atoms with E-state index in [9.17, 15) is 21.6 Å². The van der Waals surface area contributed by atoms with Crippen LogP contribution in [0.15, 0.2) is 34.1 Å². The maximum absolute atomic E-state index is 13.1. The van der Waals surface area contributed by atoms with Crippen molar-refractivity contribution in [1.29, 1.82) is 0 Å². The first kappa shape index (κ1) is 20.7. The highest BCUT2D eigenvalue weighted by Gasteiger charge is 2.41. The van der Waals surface area contributed by atoms with Crippen LogP contribution < -0.4 is 5.32 Å². The van der Waals surface area contributed by atoms with Crippen molar-refractivity contribution in [2.75, 3.05) is 32.8 Å². The van der Waals surface area contributed by atoms with Crippen molar-refractivity contribution in [2.24, 2.45) is 0 Å². The number of carbonyl (C=O) groups excluding carboxylic acids is 1. The number of rotatable bonds is 6. The lowest BCUT2D eigenvalue weighted by molar-refractivity contribution is -0.124. The minimum absolute atomic E-state index is 0.00968. The second kappa shape index (κ2) is 7.95. The first-order valence-corrected chi connectivity index (χ1v) is 12.7. The maximum atomic E-state index is 13.1. The summed E-state index contributed by atoms with van der Waals surface area (Å²) < 4.78 is 59.3. The second-order valence-corrected chi connectivity index (χ2v) is 11.4. The molecule has 1 N–H and O–H groups in total. The molecule has 160 valence electrons. The number of carbonyl (C=O) groups is 1. The van der Waals surface area contributed by atoms with Crippen LogP contribution in [0, 0.1) is 0 Å². The molecule has 2 saturated heterocycles. The summed E-state index contributed by atoms with van der Waals surface area (Å²) in [6.07, 6.45) is 2.97. The largest absolute Gasteiger partial charge is 0.379 e. The first-order valence-electron chi connectivity index (χ1n) is 9.80. The van der Waals surface area contributed by atoms with Gasteiger partial charge in [0.05, 0.1) is 23.0 Å². The molecule has 3 fully saturated rings. The first-order chi connectivity index (χ1) is 13.8. The lowest BCUT2D eigenvalue weighted by atomic mass is 10.2. The summed E-state index contributed by atoms with van der Waals surface area (Å²) >= 11 is 0. The van der Waals surface area contributed by atoms with Gasteiger partial charge in [-0.25, -0.2) is 16.8 Å². The van der Waals surface area contributed by atoms with E-state index in [4.69, 9.17) is 4.74 Å². The van der Waals surface area contributed by atoms with Crippen molar-refractivity contribution in [2.45, 2.75) is 47.6 Å². The number of morpholine rings is 1. The molecule has 2 heterocycles. The predicted molar refractivity (Wildman–Crippen MR) is 104 cm³/mol. The monoisotopic (exact) mass is 443 g/mol. The lowest BCUT2D eigenvalue weighted by Crippen LogP contribution is -2.46. The summed E-state index contributed by atoms with van der Waals surface area (Å²) in [5.41, 5.74) is 0. The standard InChI is InChI=1S/C18H25N3O6S2/c22-18(19-14-3-4-14)17-2-1-9-21(17)29(25,26)16-7-5-15(6-8-16)28(23,24)20-10-12-27-13-11-20/h5-8,14,17H,1-4,9-13H2,(H,19,22). The molecule has 1 unspecified atom stereocenters. The number of amides is 1. The van der Waals surface area contributed by atoms with Crippen molar-refractivity contribution < 1.29 is 26.4 Å². The highest BCUT2D eigenvalue weighted by molar-refractivity contribution is 7.89. The molecule has 3 aliphatic rings. The van der Waals surface area contributed by atoms with Crippen LogP contribution in [0.4, 0.5) is 0 Å². The maximum Gasteiger partial charge on any atom is 0.243 e. The zero-order valence-electron chi connectivity index (χ0n) is 16.0. The van der Waals surface area contributed by atoms with E-state index >= 15 is 0 Å². The van der Waals surface area contributed by atoms with Gasteiger partial charge in [-0.15, -0.1) is 0 Å². The van der Waals surface area contributed by atoms with Gasteiger partial charge in [0.2, 0.25) is 26.0 Å². The Morgan fingerprint density at radius 3 is 2.07 bits per heavy atom. The van der Waals surface area contributed by atoms with E-state index in [1.54, 1.807) is 0 Å². The quantitative estimate of drug-likeness (QED) is 0.669. The Morgan fingerprint density at radius 1 is 0.897 bits per heavy atom. The van der Waals surface area contributed by atoms with Gasteiger partial charge in [0.25, 0.3) is 0 Å². The summed E-state index contributed by atoms with van der Waals surface area (Å²) in [6.45, 7) is 1.50. The fraction of sp³-hybridized carbons (Fsp3) is 0.611. The third kappa shape index (κ3) is 4.19. The van der Waals surface area contributed by atoms with Crippen LogP contribution in [0.25, 0.3) is 0 Å². The predicted octanol–water partition coefficient (Wildman–Crippen LogP) is 0.139. The van der Waals surface area contributed by atoms with Crippen molar-refractivity contribution in [3.63, 3.8) is 0 Å². The zero-order chi connectivity index (χ0) is 20.6. The molecule has 29 heavy (non-hydrogen) atoms.